The number of nitrogens with zero attached hydrogens (tertiary/aromatic N) is 3. The highest BCUT2D eigenvalue weighted by Crippen LogP contribution is 2.32. The number of piperazine rings is 1. The zero-order valence-electron chi connectivity index (χ0n) is 15.5. The maximum Gasteiger partial charge on any atom is 0.315 e. The molecular weight excluding hydrogens is 372 g/mol. The molecule has 3 heterocycles. The number of carbonyl (C=O) groups excluding carboxylic acids is 1. The van der Waals surface area contributed by atoms with E-state index >= 15 is 0 Å². The number of fused-ring (bicyclic) bond motifs is 3. The van der Waals surface area contributed by atoms with Gasteiger partial charge in [-0.1, -0.05) is 35.6 Å². The van der Waals surface area contributed by atoms with Crippen LogP contribution in [0.1, 0.15) is 12.0 Å². The van der Waals surface area contributed by atoms with Crippen LogP contribution in [-0.4, -0.2) is 52.5 Å². The van der Waals surface area contributed by atoms with Gasteiger partial charge in [0.1, 0.15) is 5.75 Å². The Bertz CT molecular complexity index is 987. The second-order valence-electron chi connectivity index (χ2n) is 7.48. The molecule has 0 radical (unpaired) electrons. The topological polar surface area (TPSA) is 71.7 Å². The lowest BCUT2D eigenvalue weighted by Crippen LogP contribution is -2.50. The lowest BCUT2D eigenvalue weighted by Gasteiger charge is -2.33. The fourth-order valence-electron chi connectivity index (χ4n) is 4.33. The number of carbonyl (C=O) groups is 1. The summed E-state index contributed by atoms with van der Waals surface area (Å²) < 4.78 is 7.13. The van der Waals surface area contributed by atoms with Crippen molar-refractivity contribution in [1.82, 2.24) is 14.8 Å². The fourth-order valence-corrected chi connectivity index (χ4v) is 5.16. The Kier molecular flexibility index (Phi) is 4.41. The summed E-state index contributed by atoms with van der Waals surface area (Å²) in [5.74, 6) is 0.819. The van der Waals surface area contributed by atoms with Crippen LogP contribution in [0.4, 0.5) is 4.79 Å². The zero-order chi connectivity index (χ0) is 19.1. The van der Waals surface area contributed by atoms with E-state index in [1.54, 1.807) is 11.3 Å². The number of likely N-dealkylation sites (tertiary alicyclic amines) is 2. The molecule has 5 rings (SSSR count). The Morgan fingerprint density at radius 3 is 2.86 bits per heavy atom. The second-order valence-corrected chi connectivity index (χ2v) is 8.47. The van der Waals surface area contributed by atoms with Crippen LogP contribution in [0.3, 0.4) is 0 Å². The van der Waals surface area contributed by atoms with Crippen LogP contribution in [0.15, 0.2) is 48.5 Å². The van der Waals surface area contributed by atoms with Gasteiger partial charge in [-0.15, -0.1) is 0 Å². The molecule has 2 aliphatic heterocycles. The van der Waals surface area contributed by atoms with Crippen LogP contribution >= 0.6 is 11.3 Å². The third kappa shape index (κ3) is 3.31. The lowest BCUT2D eigenvalue weighted by molar-refractivity contribution is 0.142. The molecule has 0 spiro atoms. The average molecular weight is 395 g/mol. The van der Waals surface area contributed by atoms with Crippen molar-refractivity contribution >= 4 is 27.6 Å². The highest BCUT2D eigenvalue weighted by molar-refractivity contribution is 7.20. The Morgan fingerprint density at radius 1 is 1.18 bits per heavy atom. The van der Waals surface area contributed by atoms with Gasteiger partial charge in [0.15, 0.2) is 0 Å². The molecule has 2 N–H and O–H groups in total. The molecule has 144 valence electrons. The van der Waals surface area contributed by atoms with Crippen LogP contribution in [0.25, 0.3) is 10.2 Å². The third-order valence-electron chi connectivity index (χ3n) is 5.70. The summed E-state index contributed by atoms with van der Waals surface area (Å²) >= 11 is 1.56. The summed E-state index contributed by atoms with van der Waals surface area (Å²) in [7, 11) is 0. The largest absolute Gasteiger partial charge is 0.431 e. The quantitative estimate of drug-likeness (QED) is 0.719. The Morgan fingerprint density at radius 2 is 2.07 bits per heavy atom. The minimum atomic E-state index is -0.285. The molecule has 2 atom stereocenters. The smallest absolute Gasteiger partial charge is 0.315 e. The number of hydrogen-bond donors (Lipinski definition) is 1. The van der Waals surface area contributed by atoms with E-state index in [9.17, 15) is 4.79 Å². The summed E-state index contributed by atoms with van der Waals surface area (Å²) in [5.41, 5.74) is 7.66. The van der Waals surface area contributed by atoms with E-state index in [1.807, 2.05) is 35.2 Å². The number of primary amides is 1. The first-order valence-corrected chi connectivity index (χ1v) is 10.4. The maximum absolute atomic E-state index is 11.4. The molecule has 7 heteroatoms. The van der Waals surface area contributed by atoms with Gasteiger partial charge in [0, 0.05) is 31.7 Å². The number of para-hydroxylation sites is 1. The predicted octanol–water partition coefficient (Wildman–Crippen LogP) is 3.47. The molecule has 28 heavy (non-hydrogen) atoms. The number of amides is 2. The average Bonchev–Trinajstić information content (AvgIpc) is 3.39. The van der Waals surface area contributed by atoms with Crippen LogP contribution < -0.4 is 10.5 Å². The lowest BCUT2D eigenvalue weighted by atomic mass is 10.1. The van der Waals surface area contributed by atoms with Crippen molar-refractivity contribution in [2.75, 3.05) is 19.6 Å². The summed E-state index contributed by atoms with van der Waals surface area (Å²) in [6, 6.07) is 16.7. The summed E-state index contributed by atoms with van der Waals surface area (Å²) in [5, 5.41) is 0.668. The van der Waals surface area contributed by atoms with Gasteiger partial charge in [-0.2, -0.15) is 0 Å². The number of hydrogen-bond acceptors (Lipinski definition) is 5. The normalized spacial score (nSPS) is 21.5. The van der Waals surface area contributed by atoms with Crippen molar-refractivity contribution in [3.63, 3.8) is 0 Å². The van der Waals surface area contributed by atoms with E-state index in [4.69, 9.17) is 10.5 Å². The van der Waals surface area contributed by atoms with Gasteiger partial charge in [-0.05, 0) is 42.7 Å². The van der Waals surface area contributed by atoms with Crippen LogP contribution in [0.5, 0.6) is 10.9 Å². The Hall–Kier alpha value is -2.64. The van der Waals surface area contributed by atoms with E-state index in [-0.39, 0.29) is 12.1 Å². The molecule has 2 aliphatic rings. The van der Waals surface area contributed by atoms with Crippen LogP contribution in [-0.2, 0) is 6.42 Å². The molecule has 0 saturated carbocycles. The van der Waals surface area contributed by atoms with Gasteiger partial charge in [-0.3, -0.25) is 4.90 Å². The van der Waals surface area contributed by atoms with Gasteiger partial charge in [0.2, 0.25) is 0 Å². The van der Waals surface area contributed by atoms with Crippen molar-refractivity contribution in [1.29, 1.82) is 0 Å². The van der Waals surface area contributed by atoms with Crippen molar-refractivity contribution < 1.29 is 9.53 Å². The minimum absolute atomic E-state index is 0.285. The molecule has 2 fully saturated rings. The Balaban J connectivity index is 1.21. The standard InChI is InChI=1S/C21H22N4O2S/c22-20(26)25-13-15-11-16(25)12-24(15)9-8-14-4-3-5-17(10-14)27-21-23-18-6-1-2-7-19(18)28-21/h1-7,10,15-16H,8-9,11-13H2,(H2,22,26)/t15?,16-/m0/s1. The zero-order valence-corrected chi connectivity index (χ0v) is 16.3. The number of ether oxygens (including phenoxy) is 1. The van der Waals surface area contributed by atoms with E-state index in [0.29, 0.717) is 11.2 Å². The molecule has 1 unspecified atom stereocenters. The van der Waals surface area contributed by atoms with Gasteiger partial charge in [0.25, 0.3) is 5.19 Å². The van der Waals surface area contributed by atoms with Gasteiger partial charge in [0.05, 0.1) is 10.2 Å². The SMILES string of the molecule is NC(=O)N1CC2C[C@H]1CN2CCc1cccc(Oc2nc3ccccc3s2)c1. The fraction of sp³-hybridized carbons (Fsp3) is 0.333. The molecule has 1 aromatic heterocycles. The van der Waals surface area contributed by atoms with Crippen molar-refractivity contribution in [3.8, 4) is 10.9 Å². The molecule has 0 aliphatic carbocycles. The van der Waals surface area contributed by atoms with Crippen LogP contribution in [0.2, 0.25) is 0 Å². The van der Waals surface area contributed by atoms with E-state index < -0.39 is 0 Å². The first-order chi connectivity index (χ1) is 13.7. The van der Waals surface area contributed by atoms with Crippen molar-refractivity contribution in [2.45, 2.75) is 24.9 Å². The molecule has 2 bridgehead atoms. The number of rotatable bonds is 5. The minimum Gasteiger partial charge on any atom is -0.431 e. The van der Waals surface area contributed by atoms with E-state index in [2.05, 4.69) is 28.1 Å². The maximum atomic E-state index is 11.4. The predicted molar refractivity (Wildman–Crippen MR) is 110 cm³/mol. The first kappa shape index (κ1) is 17.5. The van der Waals surface area contributed by atoms with Gasteiger partial charge in [-0.25, -0.2) is 9.78 Å². The van der Waals surface area contributed by atoms with Crippen molar-refractivity contribution in [3.05, 3.63) is 54.1 Å². The highest BCUT2D eigenvalue weighted by atomic mass is 32.1. The summed E-state index contributed by atoms with van der Waals surface area (Å²) in [4.78, 5) is 20.3. The molecule has 2 amide bonds. The first-order valence-electron chi connectivity index (χ1n) is 9.58. The number of urea groups is 1. The third-order valence-corrected chi connectivity index (χ3v) is 6.62. The number of aromatic nitrogens is 1. The monoisotopic (exact) mass is 394 g/mol. The van der Waals surface area contributed by atoms with E-state index in [0.717, 1.165) is 48.4 Å². The second kappa shape index (κ2) is 7.07. The molecular formula is C21H22N4O2S. The molecule has 2 aromatic carbocycles. The molecule has 6 nitrogen and oxygen atoms in total. The number of thiazole rings is 1. The molecule has 2 saturated heterocycles. The van der Waals surface area contributed by atoms with Crippen LogP contribution in [0, 0.1) is 0 Å². The Labute approximate surface area is 167 Å². The number of nitrogens with two attached hydrogens (primary N) is 1. The van der Waals surface area contributed by atoms with E-state index in [1.165, 1.54) is 5.56 Å². The molecule has 3 aromatic rings. The van der Waals surface area contributed by atoms with Gasteiger partial charge >= 0.3 is 6.03 Å². The highest BCUT2D eigenvalue weighted by Gasteiger charge is 2.44. The number of benzene rings is 2. The summed E-state index contributed by atoms with van der Waals surface area (Å²) in [6.07, 6.45) is 2.00. The van der Waals surface area contributed by atoms with Gasteiger partial charge < -0.3 is 15.4 Å². The van der Waals surface area contributed by atoms with Crippen molar-refractivity contribution in [2.24, 2.45) is 5.73 Å². The summed E-state index contributed by atoms with van der Waals surface area (Å²) in [6.45, 7) is 2.68.